The third-order valence-corrected chi connectivity index (χ3v) is 2.30. The van der Waals surface area contributed by atoms with Gasteiger partial charge in [-0.1, -0.05) is 12.1 Å². The standard InChI is InChI=1S/C10H10O4S/c1-7(12)15-9-5-3-2-4-8(9)14-10(13)6-11/h2-5,11H,6H2,1H3. The first-order valence-electron chi connectivity index (χ1n) is 4.22. The molecule has 1 rings (SSSR count). The van der Waals surface area contributed by atoms with Crippen molar-refractivity contribution in [2.24, 2.45) is 0 Å². The van der Waals surface area contributed by atoms with Crippen molar-refractivity contribution in [1.29, 1.82) is 0 Å². The van der Waals surface area contributed by atoms with Crippen molar-refractivity contribution in [3.8, 4) is 5.75 Å². The van der Waals surface area contributed by atoms with Crippen LogP contribution < -0.4 is 4.74 Å². The number of aliphatic hydroxyl groups excluding tert-OH is 1. The Bertz CT molecular complexity index is 375. The van der Waals surface area contributed by atoms with Crippen LogP contribution in [-0.2, 0) is 9.59 Å². The summed E-state index contributed by atoms with van der Waals surface area (Å²) in [5.41, 5.74) is 0. The highest BCUT2D eigenvalue weighted by atomic mass is 32.2. The average molecular weight is 226 g/mol. The van der Waals surface area contributed by atoms with Crippen LogP contribution in [0.25, 0.3) is 0 Å². The van der Waals surface area contributed by atoms with Crippen LogP contribution in [-0.4, -0.2) is 22.8 Å². The minimum atomic E-state index is -0.744. The predicted octanol–water partition coefficient (Wildman–Crippen LogP) is 1.22. The van der Waals surface area contributed by atoms with Gasteiger partial charge in [0.1, 0.15) is 12.4 Å². The van der Waals surface area contributed by atoms with Gasteiger partial charge in [0.05, 0.1) is 4.90 Å². The fourth-order valence-electron chi connectivity index (χ4n) is 0.929. The number of thioether (sulfide) groups is 1. The topological polar surface area (TPSA) is 63.6 Å². The molecule has 0 aliphatic rings. The normalized spacial score (nSPS) is 9.73. The Morgan fingerprint density at radius 3 is 2.67 bits per heavy atom. The van der Waals surface area contributed by atoms with Gasteiger partial charge in [0.25, 0.3) is 0 Å². The molecule has 0 fully saturated rings. The number of benzene rings is 1. The molecule has 80 valence electrons. The minimum absolute atomic E-state index is 0.0949. The number of carbonyl (C=O) groups is 2. The summed E-state index contributed by atoms with van der Waals surface area (Å²) in [6.45, 7) is 0.744. The fraction of sp³-hybridized carbons (Fsp3) is 0.200. The molecule has 1 N–H and O–H groups in total. The van der Waals surface area contributed by atoms with E-state index >= 15 is 0 Å². The second-order valence-electron chi connectivity index (χ2n) is 2.67. The molecule has 0 heterocycles. The van der Waals surface area contributed by atoms with Crippen molar-refractivity contribution in [1.82, 2.24) is 0 Å². The summed E-state index contributed by atoms with van der Waals surface area (Å²) in [6.07, 6.45) is 0. The number of hydrogen-bond acceptors (Lipinski definition) is 5. The number of carbonyl (C=O) groups excluding carboxylic acids is 2. The number of rotatable bonds is 3. The number of aliphatic hydroxyl groups is 1. The molecule has 0 bridgehead atoms. The second-order valence-corrected chi connectivity index (χ2v) is 3.89. The van der Waals surface area contributed by atoms with Gasteiger partial charge < -0.3 is 9.84 Å². The van der Waals surface area contributed by atoms with Crippen LogP contribution in [0.3, 0.4) is 0 Å². The fourth-order valence-corrected chi connectivity index (χ4v) is 1.60. The van der Waals surface area contributed by atoms with Crippen molar-refractivity contribution < 1.29 is 19.4 Å². The first-order valence-corrected chi connectivity index (χ1v) is 5.04. The van der Waals surface area contributed by atoms with Crippen LogP contribution >= 0.6 is 11.8 Å². The SMILES string of the molecule is CC(=O)Sc1ccccc1OC(=O)CO. The van der Waals surface area contributed by atoms with Crippen molar-refractivity contribution >= 4 is 22.8 Å². The predicted molar refractivity (Wildman–Crippen MR) is 55.7 cm³/mol. The Balaban J connectivity index is 2.85. The van der Waals surface area contributed by atoms with Gasteiger partial charge in [-0.3, -0.25) is 4.79 Å². The van der Waals surface area contributed by atoms with Gasteiger partial charge in [0.2, 0.25) is 0 Å². The average Bonchev–Trinajstić information content (AvgIpc) is 2.20. The number of esters is 1. The lowest BCUT2D eigenvalue weighted by Gasteiger charge is -2.06. The monoisotopic (exact) mass is 226 g/mol. The molecule has 0 amide bonds. The van der Waals surface area contributed by atoms with Gasteiger partial charge in [-0.2, -0.15) is 0 Å². The Labute approximate surface area is 91.2 Å². The third-order valence-electron chi connectivity index (χ3n) is 1.46. The third kappa shape index (κ3) is 3.73. The first kappa shape index (κ1) is 11.7. The number of para-hydroxylation sites is 1. The van der Waals surface area contributed by atoms with E-state index in [0.29, 0.717) is 4.90 Å². The van der Waals surface area contributed by atoms with Crippen LogP contribution in [0.15, 0.2) is 29.2 Å². The molecular weight excluding hydrogens is 216 g/mol. The van der Waals surface area contributed by atoms with Crippen molar-refractivity contribution in [3.05, 3.63) is 24.3 Å². The van der Waals surface area contributed by atoms with Crippen LogP contribution in [0, 0.1) is 0 Å². The molecule has 0 aliphatic heterocycles. The first-order chi connectivity index (χ1) is 7.13. The molecule has 0 radical (unpaired) electrons. The van der Waals surface area contributed by atoms with Gasteiger partial charge in [0.15, 0.2) is 5.12 Å². The zero-order valence-corrected chi connectivity index (χ0v) is 8.91. The van der Waals surface area contributed by atoms with Crippen LogP contribution in [0.5, 0.6) is 5.75 Å². The molecule has 1 aromatic carbocycles. The lowest BCUT2D eigenvalue weighted by molar-refractivity contribution is -0.137. The maximum atomic E-state index is 10.9. The zero-order chi connectivity index (χ0) is 11.3. The van der Waals surface area contributed by atoms with Crippen molar-refractivity contribution in [2.45, 2.75) is 11.8 Å². The highest BCUT2D eigenvalue weighted by molar-refractivity contribution is 8.13. The summed E-state index contributed by atoms with van der Waals surface area (Å²) < 4.78 is 4.83. The van der Waals surface area contributed by atoms with E-state index in [2.05, 4.69) is 0 Å². The van der Waals surface area contributed by atoms with E-state index in [4.69, 9.17) is 9.84 Å². The quantitative estimate of drug-likeness (QED) is 0.477. The van der Waals surface area contributed by atoms with E-state index in [1.165, 1.54) is 6.92 Å². The summed E-state index contributed by atoms with van der Waals surface area (Å²) in [4.78, 5) is 22.3. The molecular formula is C10H10O4S. The van der Waals surface area contributed by atoms with Crippen molar-refractivity contribution in [3.63, 3.8) is 0 Å². The molecule has 15 heavy (non-hydrogen) atoms. The summed E-state index contributed by atoms with van der Waals surface area (Å²) in [6, 6.07) is 6.66. The molecule has 0 aliphatic carbocycles. The maximum absolute atomic E-state index is 10.9. The highest BCUT2D eigenvalue weighted by Gasteiger charge is 2.09. The van der Waals surface area contributed by atoms with Crippen LogP contribution in [0.2, 0.25) is 0 Å². The maximum Gasteiger partial charge on any atom is 0.337 e. The van der Waals surface area contributed by atoms with E-state index in [1.54, 1.807) is 24.3 Å². The number of hydrogen-bond donors (Lipinski definition) is 1. The summed E-state index contributed by atoms with van der Waals surface area (Å²) in [7, 11) is 0. The molecule has 1 aromatic rings. The van der Waals surface area contributed by atoms with E-state index in [0.717, 1.165) is 11.8 Å². The van der Waals surface area contributed by atoms with Gasteiger partial charge >= 0.3 is 5.97 Å². The lowest BCUT2D eigenvalue weighted by atomic mass is 10.3. The van der Waals surface area contributed by atoms with E-state index in [-0.39, 0.29) is 10.9 Å². The smallest absolute Gasteiger partial charge is 0.337 e. The molecule has 0 aromatic heterocycles. The Hall–Kier alpha value is -1.33. The Morgan fingerprint density at radius 2 is 2.07 bits per heavy atom. The molecule has 0 saturated heterocycles. The van der Waals surface area contributed by atoms with Crippen molar-refractivity contribution in [2.75, 3.05) is 6.61 Å². The van der Waals surface area contributed by atoms with Crippen LogP contribution in [0.1, 0.15) is 6.92 Å². The highest BCUT2D eigenvalue weighted by Crippen LogP contribution is 2.29. The molecule has 0 spiro atoms. The summed E-state index contributed by atoms with van der Waals surface area (Å²) in [5, 5.41) is 8.43. The molecule has 0 saturated carbocycles. The summed E-state index contributed by atoms with van der Waals surface area (Å²) in [5.74, 6) is -0.455. The van der Waals surface area contributed by atoms with Gasteiger partial charge in [-0.15, -0.1) is 0 Å². The van der Waals surface area contributed by atoms with Crippen LogP contribution in [0.4, 0.5) is 0 Å². The largest absolute Gasteiger partial charge is 0.424 e. The second kappa shape index (κ2) is 5.53. The molecule has 0 atom stereocenters. The number of ether oxygens (including phenoxy) is 1. The van der Waals surface area contributed by atoms with E-state index in [9.17, 15) is 9.59 Å². The lowest BCUT2D eigenvalue weighted by Crippen LogP contribution is -2.12. The van der Waals surface area contributed by atoms with Gasteiger partial charge in [-0.25, -0.2) is 4.79 Å². The van der Waals surface area contributed by atoms with Gasteiger partial charge in [-0.05, 0) is 23.9 Å². The summed E-state index contributed by atoms with van der Waals surface area (Å²) >= 11 is 0.980. The zero-order valence-electron chi connectivity index (χ0n) is 8.10. The minimum Gasteiger partial charge on any atom is -0.424 e. The van der Waals surface area contributed by atoms with Gasteiger partial charge in [0, 0.05) is 6.92 Å². The molecule has 5 heteroatoms. The van der Waals surface area contributed by atoms with E-state index < -0.39 is 12.6 Å². The Morgan fingerprint density at radius 1 is 1.40 bits per heavy atom. The molecule has 0 unspecified atom stereocenters. The molecule has 4 nitrogen and oxygen atoms in total. The van der Waals surface area contributed by atoms with E-state index in [1.807, 2.05) is 0 Å². The Kier molecular flexibility index (Phi) is 4.33.